The fourth-order valence-electron chi connectivity index (χ4n) is 2.74. The number of carbonyl (C=O) groups excluding carboxylic acids is 1. The molecule has 3 nitrogen and oxygen atoms in total. The van der Waals surface area contributed by atoms with Gasteiger partial charge in [0.25, 0.3) is 0 Å². The number of allylic oxidation sites excluding steroid dienone is 2. The van der Waals surface area contributed by atoms with Gasteiger partial charge in [-0.05, 0) is 25.0 Å². The molecule has 0 saturated carbocycles. The van der Waals surface area contributed by atoms with E-state index in [1.54, 1.807) is 0 Å². The number of aromatic nitrogens is 1. The molecule has 1 heterocycles. The molecule has 23 heavy (non-hydrogen) atoms. The molecule has 0 saturated heterocycles. The van der Waals surface area contributed by atoms with Gasteiger partial charge in [0, 0.05) is 5.92 Å². The number of thiazole rings is 1. The van der Waals surface area contributed by atoms with Gasteiger partial charge in [-0.2, -0.15) is 13.2 Å². The van der Waals surface area contributed by atoms with E-state index >= 15 is 0 Å². The number of carbonyl (C=O) groups is 1. The first-order chi connectivity index (χ1) is 10.9. The average molecular weight is 340 g/mol. The number of hydrogen-bond donors (Lipinski definition) is 1. The van der Waals surface area contributed by atoms with E-state index in [1.165, 1.54) is 11.3 Å². The molecule has 122 valence electrons. The zero-order valence-electron chi connectivity index (χ0n) is 12.1. The predicted octanol–water partition coefficient (Wildman–Crippen LogP) is 4.02. The third-order valence-electron chi connectivity index (χ3n) is 3.86. The minimum Gasteiger partial charge on any atom is -0.347 e. The normalized spacial score (nSPS) is 21.5. The highest BCUT2D eigenvalue weighted by atomic mass is 32.1. The summed E-state index contributed by atoms with van der Waals surface area (Å²) in [7, 11) is 0. The zero-order chi connectivity index (χ0) is 16.4. The van der Waals surface area contributed by atoms with E-state index in [0.717, 1.165) is 15.2 Å². The van der Waals surface area contributed by atoms with Gasteiger partial charge < -0.3 is 5.32 Å². The van der Waals surface area contributed by atoms with E-state index in [1.807, 2.05) is 41.7 Å². The molecule has 2 aromatic rings. The van der Waals surface area contributed by atoms with Crippen LogP contribution in [0.2, 0.25) is 0 Å². The Balaban J connectivity index is 1.81. The van der Waals surface area contributed by atoms with Crippen LogP contribution >= 0.6 is 11.3 Å². The Kier molecular flexibility index (Phi) is 4.39. The Morgan fingerprint density at radius 2 is 2.00 bits per heavy atom. The van der Waals surface area contributed by atoms with Crippen molar-refractivity contribution in [2.24, 2.45) is 5.92 Å². The van der Waals surface area contributed by atoms with Crippen molar-refractivity contribution in [2.45, 2.75) is 24.9 Å². The first kappa shape index (κ1) is 16.0. The predicted molar refractivity (Wildman–Crippen MR) is 83.3 cm³/mol. The highest BCUT2D eigenvalue weighted by molar-refractivity contribution is 7.18. The third-order valence-corrected chi connectivity index (χ3v) is 5.03. The summed E-state index contributed by atoms with van der Waals surface area (Å²) in [6, 6.07) is 7.65. The zero-order valence-corrected chi connectivity index (χ0v) is 13.0. The van der Waals surface area contributed by atoms with Crippen molar-refractivity contribution >= 4 is 27.5 Å². The highest BCUT2D eigenvalue weighted by Crippen LogP contribution is 2.38. The number of nitrogens with zero attached hydrogens (tertiary/aromatic N) is 1. The topological polar surface area (TPSA) is 42.0 Å². The lowest BCUT2D eigenvalue weighted by Gasteiger charge is -2.26. The molecule has 1 aromatic heterocycles. The molecule has 0 spiro atoms. The minimum absolute atomic E-state index is 0.175. The van der Waals surface area contributed by atoms with Crippen LogP contribution in [0, 0.1) is 5.92 Å². The van der Waals surface area contributed by atoms with Gasteiger partial charge in [0.15, 0.2) is 0 Å². The largest absolute Gasteiger partial charge is 0.405 e. The lowest BCUT2D eigenvalue weighted by molar-refractivity contribution is -0.141. The molecule has 0 unspecified atom stereocenters. The Hall–Kier alpha value is -1.89. The van der Waals surface area contributed by atoms with Gasteiger partial charge in [-0.15, -0.1) is 11.3 Å². The van der Waals surface area contributed by atoms with E-state index in [9.17, 15) is 18.0 Å². The van der Waals surface area contributed by atoms with E-state index < -0.39 is 24.5 Å². The van der Waals surface area contributed by atoms with Crippen LogP contribution in [-0.4, -0.2) is 23.6 Å². The van der Waals surface area contributed by atoms with Crippen LogP contribution in [-0.2, 0) is 4.79 Å². The number of rotatable bonds is 3. The number of fused-ring (bicyclic) bond motifs is 1. The summed E-state index contributed by atoms with van der Waals surface area (Å²) in [5.41, 5.74) is 0.858. The van der Waals surface area contributed by atoms with E-state index in [-0.39, 0.29) is 5.92 Å². The summed E-state index contributed by atoms with van der Waals surface area (Å²) in [6.45, 7) is -1.29. The molecule has 2 atom stereocenters. The molecule has 0 bridgehead atoms. The van der Waals surface area contributed by atoms with Crippen molar-refractivity contribution in [1.29, 1.82) is 0 Å². The molecule has 1 aliphatic rings. The van der Waals surface area contributed by atoms with Crippen molar-refractivity contribution in [1.82, 2.24) is 10.3 Å². The van der Waals surface area contributed by atoms with Crippen LogP contribution in [0.1, 0.15) is 23.8 Å². The van der Waals surface area contributed by atoms with E-state index in [2.05, 4.69) is 4.98 Å². The summed E-state index contributed by atoms with van der Waals surface area (Å²) < 4.78 is 37.9. The van der Waals surface area contributed by atoms with Gasteiger partial charge in [-0.1, -0.05) is 24.3 Å². The molecule has 0 radical (unpaired) electrons. The summed E-state index contributed by atoms with van der Waals surface area (Å²) in [5.74, 6) is -1.25. The molecule has 1 aliphatic carbocycles. The number of amides is 1. The van der Waals surface area contributed by atoms with Crippen molar-refractivity contribution in [3.05, 3.63) is 41.4 Å². The Morgan fingerprint density at radius 1 is 1.26 bits per heavy atom. The van der Waals surface area contributed by atoms with Gasteiger partial charge in [0.05, 0.1) is 21.1 Å². The number of hydrogen-bond acceptors (Lipinski definition) is 3. The van der Waals surface area contributed by atoms with Gasteiger partial charge in [-0.25, -0.2) is 4.98 Å². The first-order valence-corrected chi connectivity index (χ1v) is 8.10. The second kappa shape index (κ2) is 6.31. The highest BCUT2D eigenvalue weighted by Gasteiger charge is 2.35. The van der Waals surface area contributed by atoms with E-state index in [4.69, 9.17) is 0 Å². The summed E-state index contributed by atoms with van der Waals surface area (Å²) in [5, 5.41) is 2.81. The van der Waals surface area contributed by atoms with Crippen molar-refractivity contribution < 1.29 is 18.0 Å². The lowest BCUT2D eigenvalue weighted by atomic mass is 9.82. The monoisotopic (exact) mass is 340 g/mol. The van der Waals surface area contributed by atoms with Gasteiger partial charge >= 0.3 is 6.18 Å². The molecule has 1 amide bonds. The maximum atomic E-state index is 12.3. The molecular weight excluding hydrogens is 325 g/mol. The second-order valence-electron chi connectivity index (χ2n) is 5.51. The minimum atomic E-state index is -4.40. The van der Waals surface area contributed by atoms with Gasteiger partial charge in [0.1, 0.15) is 6.54 Å². The molecular formula is C16H15F3N2OS. The second-order valence-corrected chi connectivity index (χ2v) is 6.57. The van der Waals surface area contributed by atoms with Gasteiger partial charge in [0.2, 0.25) is 5.91 Å². The number of alkyl halides is 3. The summed E-state index contributed by atoms with van der Waals surface area (Å²) in [6.07, 6.45) is 0.464. The number of halogens is 3. The Labute approximate surface area is 135 Å². The van der Waals surface area contributed by atoms with Crippen LogP contribution in [0.25, 0.3) is 10.2 Å². The van der Waals surface area contributed by atoms with E-state index in [0.29, 0.717) is 12.8 Å². The lowest BCUT2D eigenvalue weighted by Crippen LogP contribution is -2.40. The number of para-hydroxylation sites is 1. The van der Waals surface area contributed by atoms with Crippen LogP contribution < -0.4 is 5.32 Å². The Morgan fingerprint density at radius 3 is 2.74 bits per heavy atom. The molecule has 3 rings (SSSR count). The first-order valence-electron chi connectivity index (χ1n) is 7.29. The molecule has 1 N–H and O–H groups in total. The number of benzene rings is 1. The van der Waals surface area contributed by atoms with Crippen molar-refractivity contribution in [2.75, 3.05) is 6.54 Å². The maximum Gasteiger partial charge on any atom is 0.405 e. The quantitative estimate of drug-likeness (QED) is 0.858. The third kappa shape index (κ3) is 3.72. The van der Waals surface area contributed by atoms with Gasteiger partial charge in [-0.3, -0.25) is 4.79 Å². The molecule has 0 fully saturated rings. The maximum absolute atomic E-state index is 12.3. The molecule has 7 heteroatoms. The smallest absolute Gasteiger partial charge is 0.347 e. The fraction of sp³-hybridized carbons (Fsp3) is 0.375. The SMILES string of the molecule is O=C(NCC(F)(F)F)[C@H]1CC=CC[C@H]1c1nc2ccccc2s1. The Bertz CT molecular complexity index is 705. The summed E-state index contributed by atoms with van der Waals surface area (Å²) in [4.78, 5) is 16.7. The standard InChI is InChI=1S/C16H15F3N2OS/c17-16(18,19)9-20-14(22)10-5-1-2-6-11(10)15-21-12-7-3-4-8-13(12)23-15/h1-4,7-8,10-11H,5-6,9H2,(H,20,22)/t10-,11+/m0/s1. The summed E-state index contributed by atoms with van der Waals surface area (Å²) >= 11 is 1.50. The van der Waals surface area contributed by atoms with Crippen LogP contribution in [0.15, 0.2) is 36.4 Å². The number of nitrogens with one attached hydrogen (secondary N) is 1. The van der Waals surface area contributed by atoms with Crippen LogP contribution in [0.4, 0.5) is 13.2 Å². The van der Waals surface area contributed by atoms with Crippen LogP contribution in [0.5, 0.6) is 0 Å². The average Bonchev–Trinajstić information content (AvgIpc) is 2.96. The van der Waals surface area contributed by atoms with Crippen LogP contribution in [0.3, 0.4) is 0 Å². The van der Waals surface area contributed by atoms with Crippen molar-refractivity contribution in [3.8, 4) is 0 Å². The molecule has 0 aliphatic heterocycles. The molecule has 1 aromatic carbocycles. The fourth-order valence-corrected chi connectivity index (χ4v) is 3.89. The van der Waals surface area contributed by atoms with Crippen molar-refractivity contribution in [3.63, 3.8) is 0 Å².